The Morgan fingerprint density at radius 1 is 1.47 bits per heavy atom. The van der Waals surface area contributed by atoms with E-state index in [4.69, 9.17) is 11.6 Å². The summed E-state index contributed by atoms with van der Waals surface area (Å²) in [5.74, 6) is 0. The maximum Gasteiger partial charge on any atom is 0.188 e. The molecule has 1 aromatic carbocycles. The SMILES string of the molecule is CCNCc1c(Cl)cccc1Sc1ncn[nH]1. The number of nitrogens with one attached hydrogen (secondary N) is 2. The summed E-state index contributed by atoms with van der Waals surface area (Å²) in [6.07, 6.45) is 1.50. The molecule has 2 N–H and O–H groups in total. The van der Waals surface area contributed by atoms with E-state index in [9.17, 15) is 0 Å². The van der Waals surface area contributed by atoms with Gasteiger partial charge in [0.05, 0.1) is 0 Å². The van der Waals surface area contributed by atoms with E-state index >= 15 is 0 Å². The lowest BCUT2D eigenvalue weighted by molar-refractivity contribution is 0.718. The van der Waals surface area contributed by atoms with Crippen LogP contribution in [-0.4, -0.2) is 21.7 Å². The normalized spacial score (nSPS) is 10.7. The van der Waals surface area contributed by atoms with Crippen molar-refractivity contribution in [3.63, 3.8) is 0 Å². The summed E-state index contributed by atoms with van der Waals surface area (Å²) in [6, 6.07) is 5.88. The number of aromatic amines is 1. The van der Waals surface area contributed by atoms with E-state index < -0.39 is 0 Å². The van der Waals surface area contributed by atoms with Crippen molar-refractivity contribution in [1.82, 2.24) is 20.5 Å². The number of hydrogen-bond donors (Lipinski definition) is 2. The van der Waals surface area contributed by atoms with Gasteiger partial charge in [0.25, 0.3) is 0 Å². The first-order valence-corrected chi connectivity index (χ1v) is 6.52. The molecule has 90 valence electrons. The third-order valence-electron chi connectivity index (χ3n) is 2.23. The maximum absolute atomic E-state index is 6.21. The minimum absolute atomic E-state index is 0.757. The Balaban J connectivity index is 2.23. The van der Waals surface area contributed by atoms with Gasteiger partial charge in [-0.2, -0.15) is 5.10 Å². The smallest absolute Gasteiger partial charge is 0.188 e. The third-order valence-corrected chi connectivity index (χ3v) is 3.57. The van der Waals surface area contributed by atoms with Gasteiger partial charge in [0.15, 0.2) is 5.16 Å². The molecule has 1 heterocycles. The van der Waals surface area contributed by atoms with Crippen LogP contribution in [-0.2, 0) is 6.54 Å². The lowest BCUT2D eigenvalue weighted by Crippen LogP contribution is -2.12. The third kappa shape index (κ3) is 3.21. The molecule has 4 nitrogen and oxygen atoms in total. The number of halogens is 1. The summed E-state index contributed by atoms with van der Waals surface area (Å²) >= 11 is 7.74. The molecule has 0 atom stereocenters. The first-order chi connectivity index (χ1) is 8.31. The average molecular weight is 269 g/mol. The molecule has 0 bridgehead atoms. The summed E-state index contributed by atoms with van der Waals surface area (Å²) in [6.45, 7) is 3.74. The van der Waals surface area contributed by atoms with Crippen LogP contribution in [0, 0.1) is 0 Å². The molecular weight excluding hydrogens is 256 g/mol. The predicted molar refractivity (Wildman–Crippen MR) is 69.3 cm³/mol. The van der Waals surface area contributed by atoms with Gasteiger partial charge in [-0.25, -0.2) is 4.98 Å². The number of hydrogen-bond acceptors (Lipinski definition) is 4. The lowest BCUT2D eigenvalue weighted by Gasteiger charge is -2.10. The zero-order valence-corrected chi connectivity index (χ0v) is 11.0. The van der Waals surface area contributed by atoms with E-state index in [2.05, 4.69) is 27.4 Å². The van der Waals surface area contributed by atoms with Crippen molar-refractivity contribution in [3.05, 3.63) is 35.1 Å². The van der Waals surface area contributed by atoms with E-state index in [1.54, 1.807) is 0 Å². The first-order valence-electron chi connectivity index (χ1n) is 5.32. The molecule has 6 heteroatoms. The monoisotopic (exact) mass is 268 g/mol. The van der Waals surface area contributed by atoms with E-state index in [0.717, 1.165) is 33.7 Å². The Kier molecular flexibility index (Phi) is 4.42. The fraction of sp³-hybridized carbons (Fsp3) is 0.273. The molecule has 17 heavy (non-hydrogen) atoms. The van der Waals surface area contributed by atoms with Crippen molar-refractivity contribution in [2.24, 2.45) is 0 Å². The molecule has 0 fully saturated rings. The van der Waals surface area contributed by atoms with Gasteiger partial charge in [-0.15, -0.1) is 0 Å². The minimum atomic E-state index is 0.757. The van der Waals surface area contributed by atoms with Crippen LogP contribution in [0.1, 0.15) is 12.5 Å². The number of nitrogens with zero attached hydrogens (tertiary/aromatic N) is 2. The van der Waals surface area contributed by atoms with Crippen LogP contribution in [0.5, 0.6) is 0 Å². The summed E-state index contributed by atoms with van der Waals surface area (Å²) in [4.78, 5) is 5.19. The molecule has 0 aliphatic heterocycles. The summed E-state index contributed by atoms with van der Waals surface area (Å²) in [7, 11) is 0. The summed E-state index contributed by atoms with van der Waals surface area (Å²) in [5, 5.41) is 11.5. The fourth-order valence-electron chi connectivity index (χ4n) is 1.40. The van der Waals surface area contributed by atoms with Crippen molar-refractivity contribution in [1.29, 1.82) is 0 Å². The van der Waals surface area contributed by atoms with Crippen molar-refractivity contribution in [2.75, 3.05) is 6.54 Å². The van der Waals surface area contributed by atoms with Crippen molar-refractivity contribution in [2.45, 2.75) is 23.5 Å². The zero-order chi connectivity index (χ0) is 12.1. The molecule has 2 aromatic rings. The highest BCUT2D eigenvalue weighted by Crippen LogP contribution is 2.31. The predicted octanol–water partition coefficient (Wildman–Crippen LogP) is 2.72. The molecule has 0 unspecified atom stereocenters. The highest BCUT2D eigenvalue weighted by Gasteiger charge is 2.09. The van der Waals surface area contributed by atoms with Gasteiger partial charge in [0, 0.05) is 16.5 Å². The molecule has 2 rings (SSSR count). The van der Waals surface area contributed by atoms with Crippen molar-refractivity contribution >= 4 is 23.4 Å². The molecule has 0 amide bonds. The molecular formula is C11H13ClN4S. The molecule has 0 saturated carbocycles. The molecule has 0 aliphatic rings. The van der Waals surface area contributed by atoms with Gasteiger partial charge in [-0.1, -0.05) is 24.6 Å². The topological polar surface area (TPSA) is 53.6 Å². The Bertz CT molecular complexity index is 472. The number of H-pyrrole nitrogens is 1. The van der Waals surface area contributed by atoms with Gasteiger partial charge in [-0.3, -0.25) is 5.10 Å². The molecule has 0 spiro atoms. The Labute approximate surface area is 109 Å². The van der Waals surface area contributed by atoms with E-state index in [1.807, 2.05) is 18.2 Å². The second-order valence-electron chi connectivity index (χ2n) is 3.39. The number of rotatable bonds is 5. The van der Waals surface area contributed by atoms with Crippen LogP contribution in [0.4, 0.5) is 0 Å². The fourth-order valence-corrected chi connectivity index (χ4v) is 2.56. The zero-order valence-electron chi connectivity index (χ0n) is 9.40. The van der Waals surface area contributed by atoms with Crippen molar-refractivity contribution < 1.29 is 0 Å². The van der Waals surface area contributed by atoms with Gasteiger partial charge in [0.1, 0.15) is 6.33 Å². The van der Waals surface area contributed by atoms with E-state index in [1.165, 1.54) is 18.1 Å². The van der Waals surface area contributed by atoms with Crippen LogP contribution in [0.15, 0.2) is 34.6 Å². The number of benzene rings is 1. The van der Waals surface area contributed by atoms with Gasteiger partial charge >= 0.3 is 0 Å². The second-order valence-corrected chi connectivity index (χ2v) is 4.83. The van der Waals surface area contributed by atoms with Crippen LogP contribution in [0.3, 0.4) is 0 Å². The van der Waals surface area contributed by atoms with Crippen LogP contribution in [0.25, 0.3) is 0 Å². The van der Waals surface area contributed by atoms with Crippen LogP contribution < -0.4 is 5.32 Å². The van der Waals surface area contributed by atoms with E-state index in [-0.39, 0.29) is 0 Å². The maximum atomic E-state index is 6.21. The molecule has 0 aliphatic carbocycles. The van der Waals surface area contributed by atoms with Gasteiger partial charge in [-0.05, 0) is 36.0 Å². The minimum Gasteiger partial charge on any atom is -0.313 e. The first kappa shape index (κ1) is 12.4. The molecule has 0 radical (unpaired) electrons. The van der Waals surface area contributed by atoms with E-state index in [0.29, 0.717) is 0 Å². The summed E-state index contributed by atoms with van der Waals surface area (Å²) in [5.41, 5.74) is 1.09. The van der Waals surface area contributed by atoms with Gasteiger partial charge < -0.3 is 5.32 Å². The largest absolute Gasteiger partial charge is 0.313 e. The second kappa shape index (κ2) is 6.05. The summed E-state index contributed by atoms with van der Waals surface area (Å²) < 4.78 is 0. The Morgan fingerprint density at radius 3 is 3.06 bits per heavy atom. The van der Waals surface area contributed by atoms with Gasteiger partial charge in [0.2, 0.25) is 0 Å². The average Bonchev–Trinajstić information content (AvgIpc) is 2.81. The lowest BCUT2D eigenvalue weighted by atomic mass is 10.2. The highest BCUT2D eigenvalue weighted by molar-refractivity contribution is 7.99. The van der Waals surface area contributed by atoms with Crippen LogP contribution >= 0.6 is 23.4 Å². The highest BCUT2D eigenvalue weighted by atomic mass is 35.5. The Morgan fingerprint density at radius 2 is 2.35 bits per heavy atom. The van der Waals surface area contributed by atoms with Crippen molar-refractivity contribution in [3.8, 4) is 0 Å². The number of aromatic nitrogens is 3. The molecule has 1 aromatic heterocycles. The quantitative estimate of drug-likeness (QED) is 0.876. The van der Waals surface area contributed by atoms with Crippen LogP contribution in [0.2, 0.25) is 5.02 Å². The molecule has 0 saturated heterocycles. The standard InChI is InChI=1S/C11H13ClN4S/c1-2-13-6-8-9(12)4-3-5-10(8)17-11-14-7-15-16-11/h3-5,7,13H,2,6H2,1H3,(H,14,15,16). The Hall–Kier alpha value is -1.04.